The van der Waals surface area contributed by atoms with E-state index in [1.165, 1.54) is 18.4 Å². The van der Waals surface area contributed by atoms with Crippen molar-refractivity contribution in [3.63, 3.8) is 0 Å². The van der Waals surface area contributed by atoms with Crippen molar-refractivity contribution in [3.05, 3.63) is 70.5 Å². The number of para-hydroxylation sites is 3. The average Bonchev–Trinajstić information content (AvgIpc) is 2.78. The zero-order chi connectivity index (χ0) is 20.8. The number of amides is 1. The normalized spacial score (nSPS) is 13.7. The summed E-state index contributed by atoms with van der Waals surface area (Å²) in [5.74, 6) is -0.0680. The molecule has 3 aromatic rings. The smallest absolute Gasteiger partial charge is 0.275 e. The van der Waals surface area contributed by atoms with Crippen molar-refractivity contribution in [3.8, 4) is 11.3 Å². The van der Waals surface area contributed by atoms with Crippen LogP contribution in [0.15, 0.2) is 65.0 Å². The molecule has 0 radical (unpaired) electrons. The SMILES string of the molecule is O=C(CNc1ccccc1-c1nc2ccccc2[nH]c1=O)NCCC1=CCCCC1. The van der Waals surface area contributed by atoms with Crippen LogP contribution >= 0.6 is 0 Å². The van der Waals surface area contributed by atoms with Crippen LogP contribution in [0.5, 0.6) is 0 Å². The molecule has 0 saturated carbocycles. The number of allylic oxidation sites excluding steroid dienone is 1. The van der Waals surface area contributed by atoms with E-state index in [2.05, 4.69) is 26.7 Å². The molecule has 6 nitrogen and oxygen atoms in total. The van der Waals surface area contributed by atoms with Crippen molar-refractivity contribution in [2.75, 3.05) is 18.4 Å². The van der Waals surface area contributed by atoms with Gasteiger partial charge < -0.3 is 15.6 Å². The number of hydrogen-bond acceptors (Lipinski definition) is 4. The molecule has 4 rings (SSSR count). The summed E-state index contributed by atoms with van der Waals surface area (Å²) in [5, 5.41) is 6.13. The molecule has 0 bridgehead atoms. The highest BCUT2D eigenvalue weighted by molar-refractivity contribution is 5.85. The maximum atomic E-state index is 12.6. The standard InChI is InChI=1S/C24H26N4O2/c29-22(25-15-14-17-8-2-1-3-9-17)16-26-19-11-5-4-10-18(19)23-24(30)28-21-13-7-6-12-20(21)27-23/h4-8,10-13,26H,1-3,9,14-16H2,(H,25,29)(H,28,30). The lowest BCUT2D eigenvalue weighted by atomic mass is 9.97. The molecule has 1 amide bonds. The molecule has 0 aliphatic heterocycles. The summed E-state index contributed by atoms with van der Waals surface area (Å²) in [6.45, 7) is 0.793. The summed E-state index contributed by atoms with van der Waals surface area (Å²) in [5.41, 5.74) is 4.32. The van der Waals surface area contributed by atoms with Crippen LogP contribution in [0.1, 0.15) is 32.1 Å². The van der Waals surface area contributed by atoms with Gasteiger partial charge in [-0.1, -0.05) is 42.0 Å². The lowest BCUT2D eigenvalue weighted by Gasteiger charge is -2.14. The van der Waals surface area contributed by atoms with Gasteiger partial charge in [0.05, 0.1) is 17.6 Å². The lowest BCUT2D eigenvalue weighted by molar-refractivity contribution is -0.119. The third-order valence-electron chi connectivity index (χ3n) is 5.37. The maximum Gasteiger partial charge on any atom is 0.275 e. The number of rotatable bonds is 7. The summed E-state index contributed by atoms with van der Waals surface area (Å²) in [7, 11) is 0. The number of aromatic amines is 1. The van der Waals surface area contributed by atoms with Crippen molar-refractivity contribution in [1.29, 1.82) is 0 Å². The second-order valence-electron chi connectivity index (χ2n) is 7.54. The lowest BCUT2D eigenvalue weighted by Crippen LogP contribution is -2.31. The third kappa shape index (κ3) is 4.76. The van der Waals surface area contributed by atoms with Gasteiger partial charge in [0.25, 0.3) is 5.56 Å². The van der Waals surface area contributed by atoms with Crippen LogP contribution in [-0.2, 0) is 4.79 Å². The number of benzene rings is 2. The largest absolute Gasteiger partial charge is 0.376 e. The number of fused-ring (bicyclic) bond motifs is 1. The van der Waals surface area contributed by atoms with Crippen molar-refractivity contribution in [2.45, 2.75) is 32.1 Å². The van der Waals surface area contributed by atoms with E-state index in [1.54, 1.807) is 0 Å². The van der Waals surface area contributed by atoms with Crippen molar-refractivity contribution in [2.24, 2.45) is 0 Å². The van der Waals surface area contributed by atoms with Gasteiger partial charge in [-0.25, -0.2) is 4.98 Å². The minimum atomic E-state index is -0.256. The number of nitrogens with one attached hydrogen (secondary N) is 3. The van der Waals surface area contributed by atoms with Crippen LogP contribution < -0.4 is 16.2 Å². The Morgan fingerprint density at radius 1 is 1.07 bits per heavy atom. The van der Waals surface area contributed by atoms with Crippen molar-refractivity contribution >= 4 is 22.6 Å². The Hall–Kier alpha value is -3.41. The van der Waals surface area contributed by atoms with E-state index in [4.69, 9.17) is 0 Å². The molecule has 6 heteroatoms. The highest BCUT2D eigenvalue weighted by atomic mass is 16.2. The van der Waals surface area contributed by atoms with Gasteiger partial charge >= 0.3 is 0 Å². The van der Waals surface area contributed by atoms with E-state index in [0.29, 0.717) is 29.0 Å². The second kappa shape index (κ2) is 9.39. The Kier molecular flexibility index (Phi) is 6.23. The van der Waals surface area contributed by atoms with E-state index in [9.17, 15) is 9.59 Å². The molecular weight excluding hydrogens is 376 g/mol. The van der Waals surface area contributed by atoms with Gasteiger partial charge in [-0.05, 0) is 50.3 Å². The first-order valence-electron chi connectivity index (χ1n) is 10.5. The Morgan fingerprint density at radius 3 is 2.77 bits per heavy atom. The summed E-state index contributed by atoms with van der Waals surface area (Å²) in [6.07, 6.45) is 8.05. The Bertz CT molecular complexity index is 1130. The fourth-order valence-corrected chi connectivity index (χ4v) is 3.79. The molecule has 1 aliphatic rings. The highest BCUT2D eigenvalue weighted by Gasteiger charge is 2.12. The molecule has 0 fully saturated rings. The van der Waals surface area contributed by atoms with Gasteiger partial charge in [-0.15, -0.1) is 0 Å². The first-order chi connectivity index (χ1) is 14.7. The molecule has 1 aliphatic carbocycles. The van der Waals surface area contributed by atoms with E-state index in [-0.39, 0.29) is 18.0 Å². The van der Waals surface area contributed by atoms with Crippen LogP contribution in [0.2, 0.25) is 0 Å². The quantitative estimate of drug-likeness (QED) is 0.521. The van der Waals surface area contributed by atoms with Crippen LogP contribution in [0, 0.1) is 0 Å². The van der Waals surface area contributed by atoms with Gasteiger partial charge in [-0.3, -0.25) is 9.59 Å². The Morgan fingerprint density at radius 2 is 1.90 bits per heavy atom. The minimum absolute atomic E-state index is 0.0680. The van der Waals surface area contributed by atoms with Gasteiger partial charge in [0.15, 0.2) is 0 Å². The molecule has 0 atom stereocenters. The number of H-pyrrole nitrogens is 1. The summed E-state index contributed by atoms with van der Waals surface area (Å²) in [6, 6.07) is 14.8. The van der Waals surface area contributed by atoms with E-state index >= 15 is 0 Å². The van der Waals surface area contributed by atoms with Crippen molar-refractivity contribution < 1.29 is 4.79 Å². The number of hydrogen-bond donors (Lipinski definition) is 3. The molecule has 1 aromatic heterocycles. The van der Waals surface area contributed by atoms with E-state index in [1.807, 2.05) is 48.5 Å². The number of carbonyl (C=O) groups excluding carboxylic acids is 1. The summed E-state index contributed by atoms with van der Waals surface area (Å²) in [4.78, 5) is 32.3. The average molecular weight is 402 g/mol. The molecule has 1 heterocycles. The number of nitrogens with zero attached hydrogens (tertiary/aromatic N) is 1. The molecule has 0 spiro atoms. The molecular formula is C24H26N4O2. The van der Waals surface area contributed by atoms with Gasteiger partial charge in [0, 0.05) is 17.8 Å². The first-order valence-corrected chi connectivity index (χ1v) is 10.5. The number of carbonyl (C=O) groups is 1. The van der Waals surface area contributed by atoms with Gasteiger partial charge in [0.2, 0.25) is 5.91 Å². The molecule has 0 unspecified atom stereocenters. The zero-order valence-corrected chi connectivity index (χ0v) is 16.9. The van der Waals surface area contributed by atoms with Crippen LogP contribution in [0.4, 0.5) is 5.69 Å². The van der Waals surface area contributed by atoms with Crippen molar-refractivity contribution in [1.82, 2.24) is 15.3 Å². The predicted octanol–water partition coefficient (Wildman–Crippen LogP) is 4.01. The molecule has 30 heavy (non-hydrogen) atoms. The topological polar surface area (TPSA) is 86.9 Å². The van der Waals surface area contributed by atoms with Gasteiger partial charge in [-0.2, -0.15) is 0 Å². The Labute approximate surface area is 175 Å². The molecule has 0 saturated heterocycles. The number of anilines is 1. The molecule has 154 valence electrons. The van der Waals surface area contributed by atoms with E-state index in [0.717, 1.165) is 24.8 Å². The van der Waals surface area contributed by atoms with Crippen LogP contribution in [0.25, 0.3) is 22.3 Å². The fourth-order valence-electron chi connectivity index (χ4n) is 3.79. The van der Waals surface area contributed by atoms with Crippen LogP contribution in [0.3, 0.4) is 0 Å². The molecule has 3 N–H and O–H groups in total. The van der Waals surface area contributed by atoms with Gasteiger partial charge in [0.1, 0.15) is 5.69 Å². The Balaban J connectivity index is 1.42. The number of aromatic nitrogens is 2. The second-order valence-corrected chi connectivity index (χ2v) is 7.54. The minimum Gasteiger partial charge on any atom is -0.376 e. The highest BCUT2D eigenvalue weighted by Crippen LogP contribution is 2.24. The predicted molar refractivity (Wildman–Crippen MR) is 120 cm³/mol. The van der Waals surface area contributed by atoms with E-state index < -0.39 is 0 Å². The summed E-state index contributed by atoms with van der Waals surface area (Å²) < 4.78 is 0. The molecule has 2 aromatic carbocycles. The maximum absolute atomic E-state index is 12.6. The monoisotopic (exact) mass is 402 g/mol. The summed E-state index contributed by atoms with van der Waals surface area (Å²) >= 11 is 0. The van der Waals surface area contributed by atoms with Crippen LogP contribution in [-0.4, -0.2) is 29.0 Å². The first kappa shape index (κ1) is 19.9. The fraction of sp³-hybridized carbons (Fsp3) is 0.292. The third-order valence-corrected chi connectivity index (χ3v) is 5.37. The zero-order valence-electron chi connectivity index (χ0n) is 16.9.